The van der Waals surface area contributed by atoms with Gasteiger partial charge in [0, 0.05) is 11.4 Å². The normalized spacial score (nSPS) is 11.3. The lowest BCUT2D eigenvalue weighted by Gasteiger charge is -1.96. The molecule has 1 heterocycles. The van der Waals surface area contributed by atoms with Crippen LogP contribution in [0.3, 0.4) is 0 Å². The molecule has 0 saturated carbocycles. The molecule has 0 amide bonds. The second kappa shape index (κ2) is 6.41. The quantitative estimate of drug-likeness (QED) is 0.810. The summed E-state index contributed by atoms with van der Waals surface area (Å²) in [7, 11) is 0. The van der Waals surface area contributed by atoms with E-state index in [2.05, 4.69) is 4.98 Å². The number of aryl methyl sites for hydroxylation is 1. The molecule has 2 aromatic rings. The molecule has 0 spiro atoms. The third kappa shape index (κ3) is 3.37. The molecule has 1 aromatic heterocycles. The molecule has 98 valence electrons. The van der Waals surface area contributed by atoms with Crippen LogP contribution in [0.15, 0.2) is 16.5 Å². The number of nitrogens with zero attached hydrogens (tertiary/aromatic N) is 1. The topological polar surface area (TPSA) is 52.0 Å². The molecule has 0 bridgehead atoms. The molecule has 1 aromatic carbocycles. The van der Waals surface area contributed by atoms with Crippen LogP contribution >= 0.6 is 23.2 Å². The zero-order valence-electron chi connectivity index (χ0n) is 10.1. The molecule has 5 heteroatoms. The van der Waals surface area contributed by atoms with Crippen molar-refractivity contribution in [2.45, 2.75) is 32.1 Å². The summed E-state index contributed by atoms with van der Waals surface area (Å²) in [5.41, 5.74) is 6.80. The lowest BCUT2D eigenvalue weighted by Crippen LogP contribution is -1.97. The van der Waals surface area contributed by atoms with Crippen molar-refractivity contribution >= 4 is 34.3 Å². The smallest absolute Gasteiger partial charge is 0.195 e. The summed E-state index contributed by atoms with van der Waals surface area (Å²) in [6.07, 6.45) is 5.26. The van der Waals surface area contributed by atoms with Gasteiger partial charge in [0.25, 0.3) is 0 Å². The van der Waals surface area contributed by atoms with Crippen molar-refractivity contribution in [2.75, 3.05) is 6.54 Å². The Morgan fingerprint density at radius 1 is 1.11 bits per heavy atom. The van der Waals surface area contributed by atoms with Gasteiger partial charge in [-0.3, -0.25) is 0 Å². The minimum Gasteiger partial charge on any atom is -0.439 e. The van der Waals surface area contributed by atoms with Crippen molar-refractivity contribution in [3.8, 4) is 0 Å². The number of halogens is 2. The molecule has 0 aliphatic heterocycles. The van der Waals surface area contributed by atoms with Gasteiger partial charge in [0.05, 0.1) is 5.02 Å². The number of hydrogen-bond acceptors (Lipinski definition) is 3. The van der Waals surface area contributed by atoms with Gasteiger partial charge >= 0.3 is 0 Å². The number of rotatable bonds is 6. The molecule has 0 unspecified atom stereocenters. The molecular formula is C13H16Cl2N2O. The van der Waals surface area contributed by atoms with Gasteiger partial charge in [0.1, 0.15) is 5.52 Å². The number of unbranched alkanes of at least 4 members (excludes halogenated alkanes) is 3. The number of aromatic nitrogens is 1. The van der Waals surface area contributed by atoms with E-state index >= 15 is 0 Å². The number of oxazole rings is 1. The van der Waals surface area contributed by atoms with Gasteiger partial charge in [-0.15, -0.1) is 0 Å². The Kier molecular flexibility index (Phi) is 4.87. The van der Waals surface area contributed by atoms with E-state index in [-0.39, 0.29) is 0 Å². The number of fused-ring (bicyclic) bond motifs is 1. The van der Waals surface area contributed by atoms with Crippen LogP contribution < -0.4 is 5.73 Å². The van der Waals surface area contributed by atoms with Crippen molar-refractivity contribution in [3.63, 3.8) is 0 Å². The minimum absolute atomic E-state index is 0.513. The number of benzene rings is 1. The fourth-order valence-electron chi connectivity index (χ4n) is 1.89. The second-order valence-electron chi connectivity index (χ2n) is 4.30. The Morgan fingerprint density at radius 2 is 1.89 bits per heavy atom. The highest BCUT2D eigenvalue weighted by atomic mass is 35.5. The lowest BCUT2D eigenvalue weighted by atomic mass is 10.1. The maximum Gasteiger partial charge on any atom is 0.195 e. The highest BCUT2D eigenvalue weighted by Crippen LogP contribution is 2.28. The zero-order valence-corrected chi connectivity index (χ0v) is 11.6. The fraction of sp³-hybridized carbons (Fsp3) is 0.462. The summed E-state index contributed by atoms with van der Waals surface area (Å²) in [4.78, 5) is 4.39. The standard InChI is InChI=1S/C13H16Cl2N2O/c14-9-7-10(15)13-11(8-9)17-12(18-13)5-3-1-2-4-6-16/h7-8H,1-6,16H2. The lowest BCUT2D eigenvalue weighted by molar-refractivity contribution is 0.508. The SMILES string of the molecule is NCCCCCCc1nc2cc(Cl)cc(Cl)c2o1. The highest BCUT2D eigenvalue weighted by Gasteiger charge is 2.10. The third-order valence-electron chi connectivity index (χ3n) is 2.80. The Balaban J connectivity index is 2.00. The van der Waals surface area contributed by atoms with E-state index in [0.717, 1.165) is 50.1 Å². The summed E-state index contributed by atoms with van der Waals surface area (Å²) in [5.74, 6) is 0.724. The maximum atomic E-state index is 6.05. The predicted molar refractivity (Wildman–Crippen MR) is 75.3 cm³/mol. The molecule has 0 fully saturated rings. The molecule has 0 saturated heterocycles. The van der Waals surface area contributed by atoms with E-state index in [4.69, 9.17) is 33.4 Å². The fourth-order valence-corrected chi connectivity index (χ4v) is 2.41. The molecule has 2 N–H and O–H groups in total. The monoisotopic (exact) mass is 286 g/mol. The highest BCUT2D eigenvalue weighted by molar-refractivity contribution is 6.37. The molecular weight excluding hydrogens is 271 g/mol. The summed E-state index contributed by atoms with van der Waals surface area (Å²) >= 11 is 12.0. The molecule has 3 nitrogen and oxygen atoms in total. The molecule has 2 rings (SSSR count). The van der Waals surface area contributed by atoms with E-state index < -0.39 is 0 Å². The zero-order chi connectivity index (χ0) is 13.0. The van der Waals surface area contributed by atoms with Gasteiger partial charge in [-0.25, -0.2) is 4.98 Å². The Morgan fingerprint density at radius 3 is 2.67 bits per heavy atom. The molecule has 0 atom stereocenters. The first-order chi connectivity index (χ1) is 8.70. The molecule has 0 aliphatic carbocycles. The molecule has 0 radical (unpaired) electrons. The van der Waals surface area contributed by atoms with Crippen LogP contribution in [-0.4, -0.2) is 11.5 Å². The van der Waals surface area contributed by atoms with Crippen LogP contribution in [0.25, 0.3) is 11.1 Å². The van der Waals surface area contributed by atoms with E-state index in [1.54, 1.807) is 12.1 Å². The molecule has 18 heavy (non-hydrogen) atoms. The Bertz CT molecular complexity index is 525. The van der Waals surface area contributed by atoms with Gasteiger partial charge < -0.3 is 10.2 Å². The summed E-state index contributed by atoms with van der Waals surface area (Å²) in [6.45, 7) is 0.761. The van der Waals surface area contributed by atoms with Crippen LogP contribution in [-0.2, 0) is 6.42 Å². The minimum atomic E-state index is 0.513. The van der Waals surface area contributed by atoms with Gasteiger partial charge in [-0.05, 0) is 31.5 Å². The van der Waals surface area contributed by atoms with Crippen LogP contribution in [0.4, 0.5) is 0 Å². The van der Waals surface area contributed by atoms with Gasteiger partial charge in [0.15, 0.2) is 11.5 Å². The summed E-state index contributed by atoms with van der Waals surface area (Å²) < 4.78 is 5.63. The van der Waals surface area contributed by atoms with Gasteiger partial charge in [-0.1, -0.05) is 36.0 Å². The first-order valence-corrected chi connectivity index (χ1v) is 6.91. The van der Waals surface area contributed by atoms with Crippen LogP contribution in [0.1, 0.15) is 31.6 Å². The van der Waals surface area contributed by atoms with Crippen molar-refractivity contribution in [3.05, 3.63) is 28.1 Å². The Labute approximate surface area is 116 Å². The second-order valence-corrected chi connectivity index (χ2v) is 5.14. The van der Waals surface area contributed by atoms with Crippen molar-refractivity contribution in [2.24, 2.45) is 5.73 Å². The van der Waals surface area contributed by atoms with Gasteiger partial charge in [-0.2, -0.15) is 0 Å². The van der Waals surface area contributed by atoms with Crippen molar-refractivity contribution in [1.29, 1.82) is 0 Å². The van der Waals surface area contributed by atoms with E-state index in [9.17, 15) is 0 Å². The third-order valence-corrected chi connectivity index (χ3v) is 3.30. The van der Waals surface area contributed by atoms with Crippen LogP contribution in [0.2, 0.25) is 10.0 Å². The summed E-state index contributed by atoms with van der Waals surface area (Å²) in [6, 6.07) is 3.44. The number of nitrogens with two attached hydrogens (primary N) is 1. The molecule has 0 aliphatic rings. The van der Waals surface area contributed by atoms with Crippen molar-refractivity contribution < 1.29 is 4.42 Å². The number of hydrogen-bond donors (Lipinski definition) is 1. The van der Waals surface area contributed by atoms with Crippen LogP contribution in [0.5, 0.6) is 0 Å². The first-order valence-electron chi connectivity index (χ1n) is 6.15. The summed E-state index contributed by atoms with van der Waals surface area (Å²) in [5, 5.41) is 1.09. The maximum absolute atomic E-state index is 6.05. The van der Waals surface area contributed by atoms with E-state index in [0.29, 0.717) is 15.6 Å². The van der Waals surface area contributed by atoms with Crippen LogP contribution in [0, 0.1) is 0 Å². The van der Waals surface area contributed by atoms with E-state index in [1.807, 2.05) is 0 Å². The Hall–Kier alpha value is -0.770. The largest absolute Gasteiger partial charge is 0.439 e. The average Bonchev–Trinajstić information content (AvgIpc) is 2.72. The average molecular weight is 287 g/mol. The van der Waals surface area contributed by atoms with Gasteiger partial charge in [0.2, 0.25) is 0 Å². The first kappa shape index (κ1) is 13.7. The van der Waals surface area contributed by atoms with Crippen molar-refractivity contribution in [1.82, 2.24) is 4.98 Å². The predicted octanol–water partition coefficient (Wildman–Crippen LogP) is 4.20. The van der Waals surface area contributed by atoms with E-state index in [1.165, 1.54) is 0 Å².